The van der Waals surface area contributed by atoms with E-state index in [1.54, 1.807) is 13.8 Å². The van der Waals surface area contributed by atoms with Crippen LogP contribution in [0.3, 0.4) is 0 Å². The summed E-state index contributed by atoms with van der Waals surface area (Å²) in [5, 5.41) is 0. The Bertz CT molecular complexity index is 2380. The molecule has 10 aliphatic rings. The van der Waals surface area contributed by atoms with Crippen LogP contribution in [0.4, 0.5) is 119 Å². The van der Waals surface area contributed by atoms with Gasteiger partial charge in [-0.2, -0.15) is 119 Å². The predicted octanol–water partition coefficient (Wildman–Crippen LogP) is 32.2. The molecule has 7 atom stereocenters. The van der Waals surface area contributed by atoms with Crippen LogP contribution in [0.25, 0.3) is 0 Å². The van der Waals surface area contributed by atoms with Gasteiger partial charge in [0.25, 0.3) is 0 Å². The Kier molecular flexibility index (Phi) is 34.9. The summed E-state index contributed by atoms with van der Waals surface area (Å²) < 4.78 is 338. The summed E-state index contributed by atoms with van der Waals surface area (Å²) >= 11 is 0. The molecule has 2 bridgehead atoms. The molecule has 0 heterocycles. The summed E-state index contributed by atoms with van der Waals surface area (Å²) in [6, 6.07) is 0. The van der Waals surface area contributed by atoms with Crippen molar-refractivity contribution < 1.29 is 119 Å². The van der Waals surface area contributed by atoms with E-state index >= 15 is 0 Å². The largest absolute Gasteiger partial charge is 0.403 e. The summed E-state index contributed by atoms with van der Waals surface area (Å²) in [6.45, 7) is 35.9. The molecule has 10 rings (SSSR count). The number of alkyl halides is 27. The van der Waals surface area contributed by atoms with E-state index in [2.05, 4.69) is 76.2 Å². The van der Waals surface area contributed by atoms with E-state index in [9.17, 15) is 119 Å². The van der Waals surface area contributed by atoms with E-state index in [4.69, 9.17) is 0 Å². The van der Waals surface area contributed by atoms with E-state index in [0.29, 0.717) is 66.6 Å². The molecule has 10 fully saturated rings. The van der Waals surface area contributed by atoms with Crippen molar-refractivity contribution in [2.45, 2.75) is 379 Å². The van der Waals surface area contributed by atoms with Gasteiger partial charge >= 0.3 is 55.6 Å². The van der Waals surface area contributed by atoms with Crippen LogP contribution in [0.2, 0.25) is 0 Å². The number of hydrogen-bond acceptors (Lipinski definition) is 0. The first-order valence-electron chi connectivity index (χ1n) is 38.5. The Balaban J connectivity index is 0.000000412. The van der Waals surface area contributed by atoms with E-state index < -0.39 is 128 Å². The normalized spacial score (nSPS) is 30.9. The molecule has 105 heavy (non-hydrogen) atoms. The third-order valence-electron chi connectivity index (χ3n) is 28.0. The molecule has 2 unspecified atom stereocenters. The number of halogens is 27. The fourth-order valence-corrected chi connectivity index (χ4v) is 17.5. The second-order valence-corrected chi connectivity index (χ2v) is 36.9. The Hall–Kier alpha value is -1.89. The molecule has 10 saturated carbocycles. The highest BCUT2D eigenvalue weighted by molar-refractivity contribution is 5.03. The zero-order valence-electron chi connectivity index (χ0n) is 65.3. The molecule has 0 aromatic heterocycles. The zero-order valence-corrected chi connectivity index (χ0v) is 65.3. The molecule has 0 aliphatic heterocycles. The van der Waals surface area contributed by atoms with E-state index in [1.807, 2.05) is 20.8 Å². The van der Waals surface area contributed by atoms with Gasteiger partial charge < -0.3 is 0 Å². The average Bonchev–Trinajstić information content (AvgIpc) is 0.746. The maximum absolute atomic E-state index is 13.0. The van der Waals surface area contributed by atoms with Gasteiger partial charge in [-0.05, 0) is 222 Å². The third-order valence-corrected chi connectivity index (χ3v) is 28.0. The lowest BCUT2D eigenvalue weighted by Gasteiger charge is -2.49. The molecule has 1 spiro atoms. The van der Waals surface area contributed by atoms with Gasteiger partial charge in [-0.25, -0.2) is 0 Å². The standard InChI is InChI=1S/C14H20F6.C11H24.C10H18.2C9H12F6.C9H15F3.2C8H13F3/c1-10-2-4-11(5-3-10)6-8-12(9-7-11,13(15,16)17)14(18,19)20;1-9(2,3)11(7,8)10(4,5)6;1-8-7-9-3-5-10(8,2)6-4-9;1-6-2-4-7(5-3-6,8(10,11)12)9(13,14)15;1-6-4-2-3-5-7(6,8(10,11)12)9(13,14)15;1-6-4-3-5-8(7(6)2)9(10,11)12;1-6-2-4-7(5-3-6)8(9,10)11;1-6-3-2-4-7(5-6)8(9,10)11/h10H,2-9H2,1H3;1-8H3;8-9H,3-7H2,1-2H3;2*6H,2-5H2,1H3;6-8H,3-5H2,1-2H3;2*6-7H,2-5H2,1H3/t;;8-,9?,10?;;6-;6-,7-,8?;;6-,7?/m..0.11.1/s1. The van der Waals surface area contributed by atoms with Crippen molar-refractivity contribution in [1.82, 2.24) is 0 Å². The van der Waals surface area contributed by atoms with Crippen molar-refractivity contribution in [3.05, 3.63) is 0 Å². The maximum atomic E-state index is 13.0. The van der Waals surface area contributed by atoms with Crippen LogP contribution in [-0.2, 0) is 0 Å². The van der Waals surface area contributed by atoms with Gasteiger partial charge in [0.05, 0.1) is 17.8 Å². The van der Waals surface area contributed by atoms with Gasteiger partial charge in [-0.15, -0.1) is 0 Å². The van der Waals surface area contributed by atoms with Crippen molar-refractivity contribution in [3.8, 4) is 0 Å². The van der Waals surface area contributed by atoms with Crippen LogP contribution in [0.15, 0.2) is 0 Å². The molecule has 0 nitrogen and oxygen atoms in total. The van der Waals surface area contributed by atoms with Crippen molar-refractivity contribution in [2.75, 3.05) is 0 Å². The van der Waals surface area contributed by atoms with Crippen LogP contribution in [0, 0.1) is 114 Å². The average molecular weight is 1580 g/mol. The topological polar surface area (TPSA) is 0 Å². The maximum Gasteiger partial charge on any atom is 0.403 e. The number of hydrogen-bond donors (Lipinski definition) is 0. The fraction of sp³-hybridized carbons (Fsp3) is 1.00. The lowest BCUT2D eigenvalue weighted by molar-refractivity contribution is -0.364. The van der Waals surface area contributed by atoms with Gasteiger partial charge in [-0.1, -0.05) is 182 Å². The van der Waals surface area contributed by atoms with E-state index in [-0.39, 0.29) is 67.6 Å². The molecule has 0 saturated heterocycles. The molecule has 0 N–H and O–H groups in total. The molecule has 10 aliphatic carbocycles. The highest BCUT2D eigenvalue weighted by atomic mass is 19.4. The lowest BCUT2D eigenvalue weighted by Crippen LogP contribution is -2.55. The smallest absolute Gasteiger partial charge is 0.171 e. The van der Waals surface area contributed by atoms with Crippen LogP contribution < -0.4 is 0 Å². The Labute approximate surface area is 609 Å². The zero-order chi connectivity index (χ0) is 82.1. The highest BCUT2D eigenvalue weighted by Crippen LogP contribution is 2.65. The minimum atomic E-state index is -5.20. The molecule has 27 heteroatoms. The number of rotatable bonds is 0. The molecular formula is C78H127F27. The first kappa shape index (κ1) is 99.2. The summed E-state index contributed by atoms with van der Waals surface area (Å²) in [7, 11) is 0. The van der Waals surface area contributed by atoms with Crippen LogP contribution in [0.5, 0.6) is 0 Å². The molecule has 0 aromatic carbocycles. The van der Waals surface area contributed by atoms with Crippen LogP contribution in [-0.4, -0.2) is 55.6 Å². The Morgan fingerprint density at radius 1 is 0.276 bits per heavy atom. The SMILES string of the molecule is CC(C)(C)C(C)(C)C(C)(C)C.CC1CCC(C(F)(F)F)(C(F)(F)F)CC1.CC1CCC(C(F)(F)F)CC1.CC1CCC2(CC1)CCC(C(F)(F)F)(C(F)(F)F)CC2.C[C@@H]1CCCC(C(F)(F)F)C1.C[C@@H]1CCCC(C(F)(F)F)[C@@H]1C.C[C@@H]1CCCCC1(C(F)(F)F)C(F)(F)F.C[C@H]1CC2CCC1(C)CC2. The molecule has 0 amide bonds. The molecular weight excluding hydrogens is 1450 g/mol. The Morgan fingerprint density at radius 3 is 0.943 bits per heavy atom. The Morgan fingerprint density at radius 2 is 0.657 bits per heavy atom. The molecule has 0 radical (unpaired) electrons. The van der Waals surface area contributed by atoms with Gasteiger partial charge in [0.1, 0.15) is 0 Å². The lowest BCUT2D eigenvalue weighted by atomic mass is 9.56. The van der Waals surface area contributed by atoms with E-state index in [1.165, 1.54) is 32.1 Å². The monoisotopic (exact) mass is 1580 g/mol. The first-order valence-corrected chi connectivity index (χ1v) is 38.5. The van der Waals surface area contributed by atoms with Gasteiger partial charge in [-0.3, -0.25) is 0 Å². The molecule has 0 aromatic rings. The van der Waals surface area contributed by atoms with Gasteiger partial charge in [0, 0.05) is 0 Å². The van der Waals surface area contributed by atoms with E-state index in [0.717, 1.165) is 88.4 Å². The number of fused-ring (bicyclic) bond motifs is 3. The highest BCUT2D eigenvalue weighted by Gasteiger charge is 2.74. The molecule has 628 valence electrons. The summed E-state index contributed by atoms with van der Waals surface area (Å²) in [5.74, 6) is -1.08. The van der Waals surface area contributed by atoms with Gasteiger partial charge in [0.15, 0.2) is 16.2 Å². The van der Waals surface area contributed by atoms with Crippen LogP contribution >= 0.6 is 0 Å². The second-order valence-electron chi connectivity index (χ2n) is 36.9. The quantitative estimate of drug-likeness (QED) is 0.212. The van der Waals surface area contributed by atoms with Crippen molar-refractivity contribution in [3.63, 3.8) is 0 Å². The minimum Gasteiger partial charge on any atom is -0.171 e. The first-order chi connectivity index (χ1) is 46.9. The second kappa shape index (κ2) is 36.9. The third kappa shape index (κ3) is 26.6. The fourth-order valence-electron chi connectivity index (χ4n) is 17.5. The predicted molar refractivity (Wildman–Crippen MR) is 360 cm³/mol. The van der Waals surface area contributed by atoms with Gasteiger partial charge in [0.2, 0.25) is 0 Å². The van der Waals surface area contributed by atoms with Crippen molar-refractivity contribution >= 4 is 0 Å². The minimum absolute atomic E-state index is 0.0106. The summed E-state index contributed by atoms with van der Waals surface area (Å²) in [6.07, 6.45) is -29.1. The van der Waals surface area contributed by atoms with Crippen molar-refractivity contribution in [1.29, 1.82) is 0 Å². The van der Waals surface area contributed by atoms with Crippen LogP contribution in [0.1, 0.15) is 323 Å². The summed E-state index contributed by atoms with van der Waals surface area (Å²) in [4.78, 5) is 0. The van der Waals surface area contributed by atoms with Crippen molar-refractivity contribution in [2.24, 2.45) is 114 Å². The summed E-state index contributed by atoms with van der Waals surface area (Å²) in [5.41, 5.74) is -8.82.